The highest BCUT2D eigenvalue weighted by Crippen LogP contribution is 2.06. The fraction of sp³-hybridized carbons (Fsp3) is 0.381. The number of pyridine rings is 1. The Bertz CT molecular complexity index is 840. The summed E-state index contributed by atoms with van der Waals surface area (Å²) >= 11 is 0. The van der Waals surface area contributed by atoms with E-state index < -0.39 is 0 Å². The second-order valence-corrected chi connectivity index (χ2v) is 6.46. The van der Waals surface area contributed by atoms with Crippen molar-refractivity contribution >= 4 is 11.6 Å². The molecule has 0 aliphatic carbocycles. The molecule has 0 saturated carbocycles. The quantitative estimate of drug-likeness (QED) is 0.348. The van der Waals surface area contributed by atoms with Crippen LogP contribution in [-0.2, 0) is 13.0 Å². The summed E-state index contributed by atoms with van der Waals surface area (Å²) in [5.74, 6) is 1.67. The van der Waals surface area contributed by atoms with Gasteiger partial charge in [0.1, 0.15) is 6.54 Å². The van der Waals surface area contributed by atoms with Crippen LogP contribution >= 0.6 is 0 Å². The Labute approximate surface area is 160 Å². The van der Waals surface area contributed by atoms with Gasteiger partial charge in [-0.15, -0.1) is 10.2 Å². The monoisotopic (exact) mass is 364 g/mol. The van der Waals surface area contributed by atoms with Crippen molar-refractivity contribution in [1.29, 1.82) is 0 Å². The topological polar surface area (TPSA) is 66.6 Å². The summed E-state index contributed by atoms with van der Waals surface area (Å²) in [6.07, 6.45) is 6.66. The minimum absolute atomic E-state index is 0.495. The third kappa shape index (κ3) is 5.81. The molecule has 0 saturated heterocycles. The van der Waals surface area contributed by atoms with Gasteiger partial charge in [-0.3, -0.25) is 4.40 Å². The molecule has 2 aromatic heterocycles. The van der Waals surface area contributed by atoms with Crippen LogP contribution in [0.15, 0.2) is 59.7 Å². The lowest BCUT2D eigenvalue weighted by molar-refractivity contribution is 0.655. The van der Waals surface area contributed by atoms with Crippen LogP contribution in [0.4, 0.5) is 0 Å². The number of aromatic nitrogens is 3. The van der Waals surface area contributed by atoms with Gasteiger partial charge >= 0.3 is 0 Å². The van der Waals surface area contributed by atoms with E-state index in [4.69, 9.17) is 0 Å². The zero-order valence-corrected chi connectivity index (χ0v) is 15.9. The van der Waals surface area contributed by atoms with Gasteiger partial charge in [0.05, 0.1) is 0 Å². The van der Waals surface area contributed by atoms with Crippen molar-refractivity contribution in [1.82, 2.24) is 25.2 Å². The van der Waals surface area contributed by atoms with E-state index in [-0.39, 0.29) is 0 Å². The average Bonchev–Trinajstić information content (AvgIpc) is 3.12. The molecule has 3 rings (SSSR count). The predicted molar refractivity (Wildman–Crippen MR) is 110 cm³/mol. The number of unbranched alkanes of at least 4 members (excludes halogenated alkanes) is 2. The molecule has 6 nitrogen and oxygen atoms in total. The molecule has 27 heavy (non-hydrogen) atoms. The highest BCUT2D eigenvalue weighted by molar-refractivity contribution is 5.79. The summed E-state index contributed by atoms with van der Waals surface area (Å²) in [4.78, 5) is 4.64. The van der Waals surface area contributed by atoms with Crippen LogP contribution in [0.2, 0.25) is 0 Å². The number of hydrogen-bond acceptors (Lipinski definition) is 3. The van der Waals surface area contributed by atoms with E-state index in [1.165, 1.54) is 18.4 Å². The van der Waals surface area contributed by atoms with Gasteiger partial charge in [-0.1, -0.05) is 42.8 Å². The zero-order valence-electron chi connectivity index (χ0n) is 15.9. The molecule has 2 N–H and O–H groups in total. The molecular formula is C21H28N6. The second kappa shape index (κ2) is 10.3. The number of hydrogen-bond donors (Lipinski definition) is 2. The average molecular weight is 364 g/mol. The maximum absolute atomic E-state index is 4.64. The lowest BCUT2D eigenvalue weighted by Crippen LogP contribution is -2.37. The molecule has 1 aromatic carbocycles. The molecule has 3 aromatic rings. The minimum Gasteiger partial charge on any atom is -0.357 e. The first-order chi connectivity index (χ1) is 13.4. The SMILES string of the molecule is CCNC(=NCc1nnc2ccccn12)NCCCCCc1ccccc1. The van der Waals surface area contributed by atoms with Crippen molar-refractivity contribution in [2.45, 2.75) is 39.2 Å². The van der Waals surface area contributed by atoms with Gasteiger partial charge < -0.3 is 10.6 Å². The molecule has 0 spiro atoms. The lowest BCUT2D eigenvalue weighted by atomic mass is 10.1. The lowest BCUT2D eigenvalue weighted by Gasteiger charge is -2.11. The molecule has 0 radical (unpaired) electrons. The van der Waals surface area contributed by atoms with Gasteiger partial charge in [-0.2, -0.15) is 0 Å². The number of benzene rings is 1. The third-order valence-electron chi connectivity index (χ3n) is 4.38. The Morgan fingerprint density at radius 2 is 1.81 bits per heavy atom. The second-order valence-electron chi connectivity index (χ2n) is 6.46. The molecule has 0 aliphatic heterocycles. The molecule has 0 bridgehead atoms. The van der Waals surface area contributed by atoms with Gasteiger partial charge in [0.15, 0.2) is 17.4 Å². The number of fused-ring (bicyclic) bond motifs is 1. The van der Waals surface area contributed by atoms with Crippen LogP contribution in [0.5, 0.6) is 0 Å². The summed E-state index contributed by atoms with van der Waals surface area (Å²) < 4.78 is 1.97. The van der Waals surface area contributed by atoms with Crippen molar-refractivity contribution in [3.63, 3.8) is 0 Å². The predicted octanol–water partition coefficient (Wildman–Crippen LogP) is 3.20. The first-order valence-corrected chi connectivity index (χ1v) is 9.71. The highest BCUT2D eigenvalue weighted by atomic mass is 15.3. The molecule has 0 atom stereocenters. The summed E-state index contributed by atoms with van der Waals surface area (Å²) in [5, 5.41) is 15.1. The summed E-state index contributed by atoms with van der Waals surface area (Å²) in [6.45, 7) is 4.32. The molecule has 6 heteroatoms. The maximum atomic E-state index is 4.64. The molecule has 0 aliphatic rings. The minimum atomic E-state index is 0.495. The summed E-state index contributed by atoms with van der Waals surface area (Å²) in [7, 11) is 0. The molecular weight excluding hydrogens is 336 g/mol. The molecule has 0 unspecified atom stereocenters. The van der Waals surface area contributed by atoms with Gasteiger partial charge in [-0.05, 0) is 43.9 Å². The molecule has 142 valence electrons. The molecule has 0 amide bonds. The highest BCUT2D eigenvalue weighted by Gasteiger charge is 2.04. The maximum Gasteiger partial charge on any atom is 0.191 e. The Morgan fingerprint density at radius 1 is 0.963 bits per heavy atom. The number of rotatable bonds is 9. The first-order valence-electron chi connectivity index (χ1n) is 9.71. The number of nitrogens with one attached hydrogen (secondary N) is 2. The Kier molecular flexibility index (Phi) is 7.21. The van der Waals surface area contributed by atoms with Crippen molar-refractivity contribution in [3.8, 4) is 0 Å². The largest absolute Gasteiger partial charge is 0.357 e. The molecule has 0 fully saturated rings. The standard InChI is InChI=1S/C21H28N6/c1-2-22-21(23-15-9-4-7-13-18-11-5-3-6-12-18)24-17-20-26-25-19-14-8-10-16-27(19)20/h3,5-6,8,10-12,14,16H,2,4,7,9,13,15,17H2,1H3,(H2,22,23,24). The van der Waals surface area contributed by atoms with Crippen LogP contribution in [0.25, 0.3) is 5.65 Å². The third-order valence-corrected chi connectivity index (χ3v) is 4.38. The summed E-state index contributed by atoms with van der Waals surface area (Å²) in [5.41, 5.74) is 2.26. The Hall–Kier alpha value is -2.89. The van der Waals surface area contributed by atoms with Crippen LogP contribution in [0.3, 0.4) is 0 Å². The zero-order chi connectivity index (χ0) is 18.7. The van der Waals surface area contributed by atoms with E-state index in [0.29, 0.717) is 6.54 Å². The van der Waals surface area contributed by atoms with Gasteiger partial charge in [-0.25, -0.2) is 4.99 Å². The van der Waals surface area contributed by atoms with E-state index in [2.05, 4.69) is 63.1 Å². The number of aryl methyl sites for hydroxylation is 1. The van der Waals surface area contributed by atoms with E-state index in [9.17, 15) is 0 Å². The molecule has 2 heterocycles. The van der Waals surface area contributed by atoms with Crippen molar-refractivity contribution in [3.05, 3.63) is 66.1 Å². The van der Waals surface area contributed by atoms with Gasteiger partial charge in [0, 0.05) is 19.3 Å². The van der Waals surface area contributed by atoms with E-state index >= 15 is 0 Å². The Morgan fingerprint density at radius 3 is 2.67 bits per heavy atom. The number of aliphatic imine (C=N–C) groups is 1. The first kappa shape index (κ1) is 18.9. The van der Waals surface area contributed by atoms with Crippen LogP contribution in [0.1, 0.15) is 37.6 Å². The van der Waals surface area contributed by atoms with E-state index in [0.717, 1.165) is 43.4 Å². The van der Waals surface area contributed by atoms with E-state index in [1.54, 1.807) is 0 Å². The van der Waals surface area contributed by atoms with Gasteiger partial charge in [0.2, 0.25) is 0 Å². The normalized spacial score (nSPS) is 11.7. The summed E-state index contributed by atoms with van der Waals surface area (Å²) in [6, 6.07) is 16.5. The van der Waals surface area contributed by atoms with Gasteiger partial charge in [0.25, 0.3) is 0 Å². The van der Waals surface area contributed by atoms with Crippen molar-refractivity contribution in [2.75, 3.05) is 13.1 Å². The fourth-order valence-electron chi connectivity index (χ4n) is 2.97. The van der Waals surface area contributed by atoms with Crippen LogP contribution < -0.4 is 10.6 Å². The fourth-order valence-corrected chi connectivity index (χ4v) is 2.97. The van der Waals surface area contributed by atoms with Crippen LogP contribution in [-0.4, -0.2) is 33.6 Å². The Balaban J connectivity index is 1.42. The van der Waals surface area contributed by atoms with Crippen molar-refractivity contribution < 1.29 is 0 Å². The van der Waals surface area contributed by atoms with Crippen LogP contribution in [0, 0.1) is 0 Å². The number of guanidine groups is 1. The smallest absolute Gasteiger partial charge is 0.191 e. The van der Waals surface area contributed by atoms with E-state index in [1.807, 2.05) is 28.8 Å². The van der Waals surface area contributed by atoms with Crippen molar-refractivity contribution in [2.24, 2.45) is 4.99 Å². The number of nitrogens with zero attached hydrogens (tertiary/aromatic N) is 4.